The molecule has 0 aliphatic carbocycles. The van der Waals surface area contributed by atoms with E-state index < -0.39 is 5.97 Å². The fourth-order valence-electron chi connectivity index (χ4n) is 2.47. The second-order valence-corrected chi connectivity index (χ2v) is 6.98. The second-order valence-electron chi connectivity index (χ2n) is 5.81. The van der Waals surface area contributed by atoms with Crippen LogP contribution in [0.5, 0.6) is 0 Å². The Labute approximate surface area is 148 Å². The van der Waals surface area contributed by atoms with Crippen molar-refractivity contribution in [1.82, 2.24) is 0 Å². The Bertz CT molecular complexity index is 647. The van der Waals surface area contributed by atoms with E-state index in [-0.39, 0.29) is 0 Å². The van der Waals surface area contributed by atoms with Crippen LogP contribution in [0, 0.1) is 0 Å². The summed E-state index contributed by atoms with van der Waals surface area (Å²) in [5.41, 5.74) is 2.82. The van der Waals surface area contributed by atoms with Crippen molar-refractivity contribution in [2.45, 2.75) is 37.0 Å². The average molecular weight is 340 g/mol. The molecule has 0 unspecified atom stereocenters. The maximum Gasteiger partial charge on any atom is 0.330 e. The van der Waals surface area contributed by atoms with E-state index in [0.29, 0.717) is 12.0 Å². The van der Waals surface area contributed by atoms with Crippen LogP contribution < -0.4 is 0 Å². The highest BCUT2D eigenvalue weighted by molar-refractivity contribution is 7.99. The van der Waals surface area contributed by atoms with Crippen molar-refractivity contribution in [3.63, 3.8) is 0 Å². The van der Waals surface area contributed by atoms with Gasteiger partial charge in [0.1, 0.15) is 0 Å². The molecule has 0 radical (unpaired) electrons. The molecule has 2 aromatic carbocycles. The highest BCUT2D eigenvalue weighted by Crippen LogP contribution is 2.25. The van der Waals surface area contributed by atoms with Gasteiger partial charge >= 0.3 is 5.97 Å². The quantitative estimate of drug-likeness (QED) is 0.325. The minimum atomic E-state index is -0.871. The molecule has 0 aliphatic rings. The van der Waals surface area contributed by atoms with Gasteiger partial charge in [-0.1, -0.05) is 61.9 Å². The molecule has 3 heteroatoms. The largest absolute Gasteiger partial charge is 0.478 e. The zero-order valence-electron chi connectivity index (χ0n) is 13.9. The highest BCUT2D eigenvalue weighted by Gasteiger charge is 2.03. The molecular weight excluding hydrogens is 316 g/mol. The van der Waals surface area contributed by atoms with E-state index in [2.05, 4.69) is 55.1 Å². The van der Waals surface area contributed by atoms with E-state index >= 15 is 0 Å². The molecule has 24 heavy (non-hydrogen) atoms. The third-order valence-corrected chi connectivity index (χ3v) is 5.00. The minimum absolute atomic E-state index is 0.322. The Kier molecular flexibility index (Phi) is 7.63. The predicted octanol–water partition coefficient (Wildman–Crippen LogP) is 6.04. The molecule has 2 aromatic rings. The normalized spacial score (nSPS) is 10.5. The molecule has 0 spiro atoms. The van der Waals surface area contributed by atoms with E-state index in [0.717, 1.165) is 31.4 Å². The van der Waals surface area contributed by atoms with Gasteiger partial charge in [-0.05, 0) is 48.3 Å². The van der Waals surface area contributed by atoms with Crippen LogP contribution in [0.2, 0.25) is 0 Å². The number of aliphatic carboxylic acids is 1. The highest BCUT2D eigenvalue weighted by atomic mass is 32.2. The van der Waals surface area contributed by atoms with Gasteiger partial charge in [0.25, 0.3) is 0 Å². The van der Waals surface area contributed by atoms with E-state index in [1.165, 1.54) is 16.0 Å². The molecule has 0 saturated heterocycles. The van der Waals surface area contributed by atoms with Gasteiger partial charge < -0.3 is 5.11 Å². The molecule has 0 bridgehead atoms. The Hall–Kier alpha value is -2.00. The maximum atomic E-state index is 10.6. The Morgan fingerprint density at radius 2 is 1.50 bits per heavy atom. The van der Waals surface area contributed by atoms with Gasteiger partial charge in [0.2, 0.25) is 0 Å². The van der Waals surface area contributed by atoms with E-state index in [4.69, 9.17) is 5.11 Å². The van der Waals surface area contributed by atoms with Crippen LogP contribution in [-0.4, -0.2) is 16.8 Å². The summed E-state index contributed by atoms with van der Waals surface area (Å²) in [6.07, 6.45) is 4.89. The summed E-state index contributed by atoms with van der Waals surface area (Å²) < 4.78 is 0. The fourth-order valence-corrected chi connectivity index (χ4v) is 3.38. The summed E-state index contributed by atoms with van der Waals surface area (Å²) in [5.74, 6) is 0.231. The van der Waals surface area contributed by atoms with E-state index in [1.54, 1.807) is 0 Å². The molecule has 2 rings (SSSR count). The first kappa shape index (κ1) is 18.3. The standard InChI is InChI=1S/C21H24O2S/c1-17(21(22)23)9-5-2-3-8-16-24-20-14-12-19(13-15-20)18-10-6-4-7-11-18/h4,6-7,10-15H,1-3,5,8-9,16H2,(H,22,23). The third-order valence-electron chi connectivity index (χ3n) is 3.91. The number of hydrogen-bond donors (Lipinski definition) is 1. The summed E-state index contributed by atoms with van der Waals surface area (Å²) in [5, 5.41) is 8.74. The number of hydrogen-bond acceptors (Lipinski definition) is 2. The van der Waals surface area contributed by atoms with Crippen molar-refractivity contribution >= 4 is 17.7 Å². The third kappa shape index (κ3) is 6.25. The van der Waals surface area contributed by atoms with E-state index in [1.807, 2.05) is 17.8 Å². The number of carbonyl (C=O) groups is 1. The average Bonchev–Trinajstić information content (AvgIpc) is 2.62. The lowest BCUT2D eigenvalue weighted by Crippen LogP contribution is -1.98. The van der Waals surface area contributed by atoms with Crippen LogP contribution in [0.15, 0.2) is 71.6 Å². The summed E-state index contributed by atoms with van der Waals surface area (Å²) in [6, 6.07) is 19.1. The Balaban J connectivity index is 1.63. The molecular formula is C21H24O2S. The number of thioether (sulfide) groups is 1. The minimum Gasteiger partial charge on any atom is -0.478 e. The van der Waals surface area contributed by atoms with Crippen molar-refractivity contribution in [3.05, 3.63) is 66.7 Å². The topological polar surface area (TPSA) is 37.3 Å². The monoisotopic (exact) mass is 340 g/mol. The predicted molar refractivity (Wildman–Crippen MR) is 102 cm³/mol. The van der Waals surface area contributed by atoms with Gasteiger partial charge in [-0.3, -0.25) is 0 Å². The number of benzene rings is 2. The van der Waals surface area contributed by atoms with Crippen molar-refractivity contribution in [2.24, 2.45) is 0 Å². The van der Waals surface area contributed by atoms with Crippen molar-refractivity contribution in [3.8, 4) is 11.1 Å². The van der Waals surface area contributed by atoms with Gasteiger partial charge in [-0.25, -0.2) is 4.79 Å². The van der Waals surface area contributed by atoms with Gasteiger partial charge in [-0.15, -0.1) is 11.8 Å². The molecule has 0 saturated carbocycles. The first-order valence-corrected chi connectivity index (χ1v) is 9.35. The zero-order valence-corrected chi connectivity index (χ0v) is 14.7. The van der Waals surface area contributed by atoms with Crippen LogP contribution in [0.4, 0.5) is 0 Å². The fraction of sp³-hybridized carbons (Fsp3) is 0.286. The summed E-state index contributed by atoms with van der Waals surface area (Å²) in [7, 11) is 0. The van der Waals surface area contributed by atoms with Crippen LogP contribution in [0.25, 0.3) is 11.1 Å². The lowest BCUT2D eigenvalue weighted by Gasteiger charge is -2.05. The lowest BCUT2D eigenvalue weighted by molar-refractivity contribution is -0.132. The molecule has 1 N–H and O–H groups in total. The van der Waals surface area contributed by atoms with Gasteiger partial charge in [0.15, 0.2) is 0 Å². The molecule has 0 fully saturated rings. The Morgan fingerprint density at radius 3 is 2.17 bits per heavy atom. The summed E-state index contributed by atoms with van der Waals surface area (Å²) in [4.78, 5) is 11.9. The molecule has 0 aromatic heterocycles. The second kappa shape index (κ2) is 9.99. The van der Waals surface area contributed by atoms with E-state index in [9.17, 15) is 4.79 Å². The van der Waals surface area contributed by atoms with Crippen LogP contribution in [-0.2, 0) is 4.79 Å². The van der Waals surface area contributed by atoms with Crippen molar-refractivity contribution in [1.29, 1.82) is 0 Å². The first-order chi connectivity index (χ1) is 11.7. The van der Waals surface area contributed by atoms with Crippen molar-refractivity contribution in [2.75, 3.05) is 5.75 Å². The summed E-state index contributed by atoms with van der Waals surface area (Å²) in [6.45, 7) is 3.55. The number of rotatable bonds is 10. The zero-order chi connectivity index (χ0) is 17.2. The van der Waals surface area contributed by atoms with Gasteiger partial charge in [-0.2, -0.15) is 0 Å². The maximum absolute atomic E-state index is 10.6. The summed E-state index contributed by atoms with van der Waals surface area (Å²) >= 11 is 1.88. The number of carboxylic acids is 1. The SMILES string of the molecule is C=C(CCCCCCSc1ccc(-c2ccccc2)cc1)C(=O)O. The van der Waals surface area contributed by atoms with Gasteiger partial charge in [0, 0.05) is 10.5 Å². The molecule has 126 valence electrons. The van der Waals surface area contributed by atoms with Gasteiger partial charge in [0.05, 0.1) is 0 Å². The number of carboxylic acid groups (broad SMARTS) is 1. The molecule has 0 aliphatic heterocycles. The molecule has 2 nitrogen and oxygen atoms in total. The Morgan fingerprint density at radius 1 is 0.875 bits per heavy atom. The van der Waals surface area contributed by atoms with Crippen molar-refractivity contribution < 1.29 is 9.90 Å². The molecule has 0 heterocycles. The number of unbranched alkanes of at least 4 members (excludes halogenated alkanes) is 3. The van der Waals surface area contributed by atoms with Crippen LogP contribution >= 0.6 is 11.8 Å². The lowest BCUT2D eigenvalue weighted by atomic mass is 10.1. The molecule has 0 atom stereocenters. The molecule has 0 amide bonds. The van der Waals surface area contributed by atoms with Crippen LogP contribution in [0.1, 0.15) is 32.1 Å². The van der Waals surface area contributed by atoms with Crippen LogP contribution in [0.3, 0.4) is 0 Å². The smallest absolute Gasteiger partial charge is 0.330 e. The first-order valence-electron chi connectivity index (χ1n) is 8.36.